The van der Waals surface area contributed by atoms with Crippen molar-refractivity contribution >= 4 is 11.5 Å². The van der Waals surface area contributed by atoms with Crippen molar-refractivity contribution in [3.05, 3.63) is 77.9 Å². The van der Waals surface area contributed by atoms with Crippen molar-refractivity contribution < 1.29 is 0 Å². The van der Waals surface area contributed by atoms with E-state index < -0.39 is 0 Å². The topological polar surface area (TPSA) is 55.1 Å². The number of fused-ring (bicyclic) bond motifs is 1. The Labute approximate surface area is 152 Å². The van der Waals surface area contributed by atoms with Gasteiger partial charge in [0.25, 0.3) is 0 Å². The number of pyridine rings is 1. The van der Waals surface area contributed by atoms with E-state index in [4.69, 9.17) is 0 Å². The number of aryl methyl sites for hydroxylation is 2. The summed E-state index contributed by atoms with van der Waals surface area (Å²) in [6.45, 7) is 5.04. The van der Waals surface area contributed by atoms with Gasteiger partial charge in [0.2, 0.25) is 0 Å². The van der Waals surface area contributed by atoms with Crippen LogP contribution < -0.4 is 5.32 Å². The molecule has 0 aliphatic heterocycles. The standard InChI is InChI=1S/C21H21N5/c1-15-6-7-17(13-16(15)2)19-14-25-26-20(9-12-24-21(19)26)23-11-8-18-5-3-4-10-22-18/h3-7,9-10,12-14,23H,8,11H2,1-2H3. The van der Waals surface area contributed by atoms with Crippen molar-refractivity contribution in [2.45, 2.75) is 20.3 Å². The highest BCUT2D eigenvalue weighted by Crippen LogP contribution is 2.26. The Morgan fingerprint density at radius 2 is 1.88 bits per heavy atom. The molecule has 1 N–H and O–H groups in total. The zero-order chi connectivity index (χ0) is 17.9. The smallest absolute Gasteiger partial charge is 0.165 e. The van der Waals surface area contributed by atoms with Crippen LogP contribution in [0.15, 0.2) is 61.1 Å². The Kier molecular flexibility index (Phi) is 4.35. The van der Waals surface area contributed by atoms with Crippen LogP contribution in [0.4, 0.5) is 5.82 Å². The van der Waals surface area contributed by atoms with Gasteiger partial charge in [-0.2, -0.15) is 9.61 Å². The summed E-state index contributed by atoms with van der Waals surface area (Å²) in [5.74, 6) is 0.931. The molecule has 0 bridgehead atoms. The minimum absolute atomic E-state index is 0.787. The highest BCUT2D eigenvalue weighted by atomic mass is 15.3. The van der Waals surface area contributed by atoms with E-state index in [2.05, 4.69) is 52.4 Å². The van der Waals surface area contributed by atoms with Crippen molar-refractivity contribution in [2.24, 2.45) is 0 Å². The molecule has 5 heteroatoms. The fourth-order valence-electron chi connectivity index (χ4n) is 3.00. The second-order valence-electron chi connectivity index (χ2n) is 6.42. The highest BCUT2D eigenvalue weighted by Gasteiger charge is 2.11. The van der Waals surface area contributed by atoms with Gasteiger partial charge >= 0.3 is 0 Å². The summed E-state index contributed by atoms with van der Waals surface area (Å²) < 4.78 is 1.86. The van der Waals surface area contributed by atoms with E-state index in [1.807, 2.05) is 47.4 Å². The predicted molar refractivity (Wildman–Crippen MR) is 104 cm³/mol. The lowest BCUT2D eigenvalue weighted by atomic mass is 10.0. The van der Waals surface area contributed by atoms with E-state index in [-0.39, 0.29) is 0 Å². The first-order valence-electron chi connectivity index (χ1n) is 8.76. The molecule has 0 saturated carbocycles. The van der Waals surface area contributed by atoms with Crippen molar-refractivity contribution in [2.75, 3.05) is 11.9 Å². The number of nitrogens with zero attached hydrogens (tertiary/aromatic N) is 4. The SMILES string of the molecule is Cc1ccc(-c2cnn3c(NCCc4ccccn4)ccnc23)cc1C. The minimum Gasteiger partial charge on any atom is -0.370 e. The quantitative estimate of drug-likeness (QED) is 0.594. The third-order valence-electron chi connectivity index (χ3n) is 4.63. The number of rotatable bonds is 5. The maximum atomic E-state index is 4.55. The van der Waals surface area contributed by atoms with Crippen molar-refractivity contribution in [1.29, 1.82) is 0 Å². The van der Waals surface area contributed by atoms with Crippen LogP contribution in [0.1, 0.15) is 16.8 Å². The Morgan fingerprint density at radius 1 is 0.962 bits per heavy atom. The Hall–Kier alpha value is -3.21. The summed E-state index contributed by atoms with van der Waals surface area (Å²) in [6, 6.07) is 14.4. The van der Waals surface area contributed by atoms with Crippen LogP contribution in [0.3, 0.4) is 0 Å². The molecule has 0 radical (unpaired) electrons. The maximum Gasteiger partial charge on any atom is 0.165 e. The molecule has 0 unspecified atom stereocenters. The van der Waals surface area contributed by atoms with Gasteiger partial charge in [0.1, 0.15) is 5.82 Å². The summed E-state index contributed by atoms with van der Waals surface area (Å²) >= 11 is 0. The number of nitrogens with one attached hydrogen (secondary N) is 1. The average Bonchev–Trinajstić information content (AvgIpc) is 3.10. The van der Waals surface area contributed by atoms with Crippen molar-refractivity contribution in [3.63, 3.8) is 0 Å². The Bertz CT molecular complexity index is 1040. The number of hydrogen-bond donors (Lipinski definition) is 1. The van der Waals surface area contributed by atoms with Crippen LogP contribution in [-0.2, 0) is 6.42 Å². The minimum atomic E-state index is 0.787. The van der Waals surface area contributed by atoms with Gasteiger partial charge in [-0.3, -0.25) is 4.98 Å². The molecule has 0 amide bonds. The molecule has 3 aromatic heterocycles. The lowest BCUT2D eigenvalue weighted by Gasteiger charge is -2.08. The zero-order valence-corrected chi connectivity index (χ0v) is 15.0. The van der Waals surface area contributed by atoms with Crippen molar-refractivity contribution in [1.82, 2.24) is 19.6 Å². The molecule has 0 fully saturated rings. The van der Waals surface area contributed by atoms with Crippen LogP contribution in [0.5, 0.6) is 0 Å². The molecule has 0 atom stereocenters. The van der Waals surface area contributed by atoms with Crippen LogP contribution in [-0.4, -0.2) is 26.1 Å². The lowest BCUT2D eigenvalue weighted by molar-refractivity contribution is 0.901. The molecular formula is C21H21N5. The normalized spacial score (nSPS) is 11.0. The molecular weight excluding hydrogens is 322 g/mol. The third-order valence-corrected chi connectivity index (χ3v) is 4.63. The summed E-state index contributed by atoms with van der Waals surface area (Å²) in [5, 5.41) is 7.99. The van der Waals surface area contributed by atoms with Crippen LogP contribution in [0.2, 0.25) is 0 Å². The van der Waals surface area contributed by atoms with Crippen molar-refractivity contribution in [3.8, 4) is 11.1 Å². The molecule has 3 heterocycles. The highest BCUT2D eigenvalue weighted by molar-refractivity contribution is 5.78. The van der Waals surface area contributed by atoms with E-state index in [0.29, 0.717) is 0 Å². The van der Waals surface area contributed by atoms with Crippen LogP contribution in [0, 0.1) is 13.8 Å². The van der Waals surface area contributed by atoms with Crippen LogP contribution >= 0.6 is 0 Å². The predicted octanol–water partition coefficient (Wildman–Crippen LogP) is 4.06. The average molecular weight is 343 g/mol. The fourth-order valence-corrected chi connectivity index (χ4v) is 3.00. The summed E-state index contributed by atoms with van der Waals surface area (Å²) in [4.78, 5) is 8.90. The maximum absolute atomic E-state index is 4.55. The van der Waals surface area contributed by atoms with E-state index in [0.717, 1.165) is 41.3 Å². The van der Waals surface area contributed by atoms with Crippen LogP contribution in [0.25, 0.3) is 16.8 Å². The number of anilines is 1. The molecule has 1 aromatic carbocycles. The van der Waals surface area contributed by atoms with Gasteiger partial charge in [-0.25, -0.2) is 4.98 Å². The molecule has 4 aromatic rings. The third kappa shape index (κ3) is 3.16. The van der Waals surface area contributed by atoms with Gasteiger partial charge in [0.05, 0.1) is 6.20 Å². The van der Waals surface area contributed by atoms with Gasteiger partial charge < -0.3 is 5.32 Å². The molecule has 0 aliphatic carbocycles. The number of benzene rings is 1. The molecule has 5 nitrogen and oxygen atoms in total. The van der Waals surface area contributed by atoms with E-state index in [9.17, 15) is 0 Å². The number of aromatic nitrogens is 4. The lowest BCUT2D eigenvalue weighted by Crippen LogP contribution is -2.09. The van der Waals surface area contributed by atoms with E-state index >= 15 is 0 Å². The van der Waals surface area contributed by atoms with Gasteiger partial charge in [-0.15, -0.1) is 0 Å². The Morgan fingerprint density at radius 3 is 2.69 bits per heavy atom. The van der Waals surface area contributed by atoms with Gasteiger partial charge in [0, 0.05) is 36.6 Å². The second-order valence-corrected chi connectivity index (χ2v) is 6.42. The largest absolute Gasteiger partial charge is 0.370 e. The molecule has 0 saturated heterocycles. The second kappa shape index (κ2) is 6.96. The molecule has 0 spiro atoms. The number of hydrogen-bond acceptors (Lipinski definition) is 4. The summed E-state index contributed by atoms with van der Waals surface area (Å²) in [6.07, 6.45) is 6.39. The first-order chi connectivity index (χ1) is 12.7. The molecule has 4 rings (SSSR count). The molecule has 0 aliphatic rings. The van der Waals surface area contributed by atoms with Gasteiger partial charge in [-0.1, -0.05) is 24.3 Å². The van der Waals surface area contributed by atoms with Gasteiger partial charge in [-0.05, 0) is 48.7 Å². The summed E-state index contributed by atoms with van der Waals surface area (Å²) in [7, 11) is 0. The fraction of sp³-hybridized carbons (Fsp3) is 0.190. The molecule has 26 heavy (non-hydrogen) atoms. The summed E-state index contributed by atoms with van der Waals surface area (Å²) in [5.41, 5.74) is 6.67. The molecule has 130 valence electrons. The first kappa shape index (κ1) is 16.3. The van der Waals surface area contributed by atoms with E-state index in [1.165, 1.54) is 11.1 Å². The zero-order valence-electron chi connectivity index (χ0n) is 15.0. The Balaban J connectivity index is 1.59. The monoisotopic (exact) mass is 343 g/mol. The first-order valence-corrected chi connectivity index (χ1v) is 8.76. The van der Waals surface area contributed by atoms with Gasteiger partial charge in [0.15, 0.2) is 5.65 Å². The van der Waals surface area contributed by atoms with E-state index in [1.54, 1.807) is 0 Å².